The largest absolute Gasteiger partial charge is 0.286 e. The Morgan fingerprint density at radius 3 is 3.30 bits per heavy atom. The third kappa shape index (κ3) is 0.801. The molecule has 0 radical (unpaired) electrons. The van der Waals surface area contributed by atoms with Crippen molar-refractivity contribution in [1.82, 2.24) is 4.98 Å². The van der Waals surface area contributed by atoms with Crippen LogP contribution < -0.4 is 4.57 Å². The van der Waals surface area contributed by atoms with Crippen molar-refractivity contribution in [3.05, 3.63) is 23.8 Å². The van der Waals surface area contributed by atoms with Crippen molar-refractivity contribution in [2.45, 2.75) is 19.3 Å². The molecule has 0 bridgehead atoms. The van der Waals surface area contributed by atoms with Crippen molar-refractivity contribution in [1.29, 1.82) is 0 Å². The smallest absolute Gasteiger partial charge is 0.240 e. The minimum absolute atomic E-state index is 1.18. The first-order valence-corrected chi connectivity index (χ1v) is 3.69. The van der Waals surface area contributed by atoms with E-state index >= 15 is 0 Å². The number of hydrogen-bond donors (Lipinski definition) is 0. The highest BCUT2D eigenvalue weighted by atomic mass is 15.0. The zero-order valence-corrected chi connectivity index (χ0v) is 6.17. The molecule has 1 aromatic rings. The van der Waals surface area contributed by atoms with Gasteiger partial charge >= 0.3 is 0 Å². The van der Waals surface area contributed by atoms with Crippen LogP contribution in [-0.4, -0.2) is 4.98 Å². The van der Waals surface area contributed by atoms with E-state index in [1.54, 1.807) is 0 Å². The molecule has 0 aliphatic heterocycles. The number of aromatic nitrogens is 2. The molecule has 0 fully saturated rings. The molecule has 0 saturated carbocycles. The van der Waals surface area contributed by atoms with Crippen molar-refractivity contribution in [3.63, 3.8) is 0 Å². The summed E-state index contributed by atoms with van der Waals surface area (Å²) in [7, 11) is 2.02. The molecule has 1 aliphatic rings. The van der Waals surface area contributed by atoms with E-state index < -0.39 is 0 Å². The Kier molecular flexibility index (Phi) is 1.19. The van der Waals surface area contributed by atoms with Gasteiger partial charge in [0.1, 0.15) is 0 Å². The molecular weight excluding hydrogens is 124 g/mol. The minimum Gasteiger partial charge on any atom is -0.240 e. The summed E-state index contributed by atoms with van der Waals surface area (Å²) < 4.78 is 2.02. The number of hydrogen-bond acceptors (Lipinski definition) is 1. The predicted octanol–water partition coefficient (Wildman–Crippen LogP) is 0.395. The maximum absolute atomic E-state index is 4.32. The Balaban J connectivity index is 2.52. The summed E-state index contributed by atoms with van der Waals surface area (Å²) in [5, 5.41) is 0. The van der Waals surface area contributed by atoms with Crippen LogP contribution in [-0.2, 0) is 19.9 Å². The Morgan fingerprint density at radius 2 is 2.40 bits per heavy atom. The van der Waals surface area contributed by atoms with Crippen LogP contribution >= 0.6 is 0 Å². The van der Waals surface area contributed by atoms with Crippen LogP contribution in [0.15, 0.2) is 12.5 Å². The second-order valence-electron chi connectivity index (χ2n) is 2.86. The van der Waals surface area contributed by atoms with Crippen LogP contribution in [0.5, 0.6) is 0 Å². The van der Waals surface area contributed by atoms with Crippen LogP contribution in [0.4, 0.5) is 0 Å². The molecule has 0 unspecified atom stereocenters. The van der Waals surface area contributed by atoms with Crippen LogP contribution in [0.3, 0.4) is 0 Å². The van der Waals surface area contributed by atoms with Crippen molar-refractivity contribution in [2.24, 2.45) is 7.05 Å². The van der Waals surface area contributed by atoms with Crippen LogP contribution in [0.2, 0.25) is 0 Å². The Bertz CT molecular complexity index is 255. The molecule has 1 aromatic heterocycles. The van der Waals surface area contributed by atoms with Crippen molar-refractivity contribution >= 4 is 0 Å². The molecule has 1 heterocycles. The lowest BCUT2D eigenvalue weighted by Crippen LogP contribution is -2.28. The fourth-order valence-corrected chi connectivity index (χ4v) is 1.48. The second-order valence-corrected chi connectivity index (χ2v) is 2.86. The zero-order chi connectivity index (χ0) is 6.97. The Hall–Kier alpha value is -0.920. The third-order valence-corrected chi connectivity index (χ3v) is 1.99. The number of rotatable bonds is 0. The normalized spacial score (nSPS) is 15.3. The molecular formula is C8H11N2+. The maximum Gasteiger partial charge on any atom is 0.286 e. The second kappa shape index (κ2) is 2.04. The summed E-state index contributed by atoms with van der Waals surface area (Å²) in [4.78, 5) is 4.32. The van der Waals surface area contributed by atoms with Crippen LogP contribution in [0.1, 0.15) is 17.7 Å². The molecule has 10 heavy (non-hydrogen) atoms. The fourth-order valence-electron chi connectivity index (χ4n) is 1.48. The number of aryl methyl sites for hydroxylation is 3. The van der Waals surface area contributed by atoms with Gasteiger partial charge in [0.2, 0.25) is 0 Å². The van der Waals surface area contributed by atoms with E-state index in [1.807, 2.05) is 17.9 Å². The van der Waals surface area contributed by atoms with Gasteiger partial charge in [-0.2, -0.15) is 0 Å². The van der Waals surface area contributed by atoms with E-state index in [9.17, 15) is 0 Å². The molecule has 52 valence electrons. The van der Waals surface area contributed by atoms with Gasteiger partial charge in [0.25, 0.3) is 6.33 Å². The molecule has 2 heteroatoms. The van der Waals surface area contributed by atoms with E-state index in [4.69, 9.17) is 0 Å². The lowest BCUT2D eigenvalue weighted by Gasteiger charge is -1.90. The van der Waals surface area contributed by atoms with E-state index in [1.165, 1.54) is 30.5 Å². The SMILES string of the molecule is C[n+]1cnc2c(c1)CCC2. The number of fused-ring (bicyclic) bond motifs is 1. The molecule has 0 saturated heterocycles. The summed E-state index contributed by atoms with van der Waals surface area (Å²) >= 11 is 0. The van der Waals surface area contributed by atoms with Crippen molar-refractivity contribution in [3.8, 4) is 0 Å². The summed E-state index contributed by atoms with van der Waals surface area (Å²) in [6, 6.07) is 0. The summed E-state index contributed by atoms with van der Waals surface area (Å²) in [6.07, 6.45) is 7.74. The van der Waals surface area contributed by atoms with Gasteiger partial charge in [-0.3, -0.25) is 0 Å². The highest BCUT2D eigenvalue weighted by molar-refractivity contribution is 5.18. The van der Waals surface area contributed by atoms with Crippen LogP contribution in [0, 0.1) is 0 Å². The predicted molar refractivity (Wildman–Crippen MR) is 37.4 cm³/mol. The average Bonchev–Trinajstić information content (AvgIpc) is 2.33. The van der Waals surface area contributed by atoms with Gasteiger partial charge in [-0.1, -0.05) is 4.98 Å². The third-order valence-electron chi connectivity index (χ3n) is 1.99. The van der Waals surface area contributed by atoms with Gasteiger partial charge in [0.15, 0.2) is 5.69 Å². The van der Waals surface area contributed by atoms with E-state index in [0.717, 1.165) is 0 Å². The molecule has 0 amide bonds. The summed E-state index contributed by atoms with van der Waals surface area (Å²) in [6.45, 7) is 0. The quantitative estimate of drug-likeness (QED) is 0.470. The minimum atomic E-state index is 1.18. The fraction of sp³-hybridized carbons (Fsp3) is 0.500. The molecule has 2 rings (SSSR count). The monoisotopic (exact) mass is 135 g/mol. The summed E-state index contributed by atoms with van der Waals surface area (Å²) in [5.74, 6) is 0. The average molecular weight is 135 g/mol. The molecule has 0 atom stereocenters. The lowest BCUT2D eigenvalue weighted by molar-refractivity contribution is -0.675. The Labute approximate surface area is 60.5 Å². The Morgan fingerprint density at radius 1 is 1.50 bits per heavy atom. The summed E-state index contributed by atoms with van der Waals surface area (Å²) in [5.41, 5.74) is 2.74. The standard InChI is InChI=1S/C8H11N2/c1-10-5-7-3-2-4-8(7)9-6-10/h5-6H,2-4H2,1H3/q+1. The van der Waals surface area contributed by atoms with Gasteiger partial charge in [0, 0.05) is 12.0 Å². The molecule has 1 aliphatic carbocycles. The number of nitrogens with zero attached hydrogens (tertiary/aromatic N) is 2. The lowest BCUT2D eigenvalue weighted by atomic mass is 10.3. The highest BCUT2D eigenvalue weighted by Gasteiger charge is 2.16. The van der Waals surface area contributed by atoms with Gasteiger partial charge < -0.3 is 0 Å². The zero-order valence-electron chi connectivity index (χ0n) is 6.17. The molecule has 0 aromatic carbocycles. The molecule has 0 spiro atoms. The van der Waals surface area contributed by atoms with E-state index in [-0.39, 0.29) is 0 Å². The van der Waals surface area contributed by atoms with Gasteiger partial charge in [-0.25, -0.2) is 4.57 Å². The first-order chi connectivity index (χ1) is 4.86. The van der Waals surface area contributed by atoms with E-state index in [2.05, 4.69) is 11.2 Å². The van der Waals surface area contributed by atoms with Crippen molar-refractivity contribution in [2.75, 3.05) is 0 Å². The van der Waals surface area contributed by atoms with Gasteiger partial charge in [-0.15, -0.1) is 0 Å². The first-order valence-electron chi connectivity index (χ1n) is 3.69. The van der Waals surface area contributed by atoms with Crippen LogP contribution in [0.25, 0.3) is 0 Å². The molecule has 0 N–H and O–H groups in total. The van der Waals surface area contributed by atoms with E-state index in [0.29, 0.717) is 0 Å². The highest BCUT2D eigenvalue weighted by Crippen LogP contribution is 2.16. The van der Waals surface area contributed by atoms with Crippen molar-refractivity contribution < 1.29 is 4.57 Å². The van der Waals surface area contributed by atoms with Gasteiger partial charge in [-0.05, 0) is 12.8 Å². The first kappa shape index (κ1) is 5.83. The maximum atomic E-state index is 4.32. The topological polar surface area (TPSA) is 16.8 Å². The molecule has 2 nitrogen and oxygen atoms in total. The van der Waals surface area contributed by atoms with Gasteiger partial charge in [0.05, 0.1) is 13.2 Å².